The van der Waals surface area contributed by atoms with E-state index in [2.05, 4.69) is 31.3 Å². The van der Waals surface area contributed by atoms with Gasteiger partial charge in [0.15, 0.2) is 11.5 Å². The minimum atomic E-state index is 0.107. The summed E-state index contributed by atoms with van der Waals surface area (Å²) in [6.45, 7) is 5.69. The van der Waals surface area contributed by atoms with E-state index in [1.807, 2.05) is 13.1 Å². The average molecular weight is 207 g/mol. The van der Waals surface area contributed by atoms with E-state index in [1.54, 1.807) is 0 Å². The molecule has 0 amide bonds. The normalized spacial score (nSPS) is 14.3. The molecule has 0 saturated carbocycles. The molecule has 0 atom stereocenters. The lowest BCUT2D eigenvalue weighted by Gasteiger charge is -2.25. The summed E-state index contributed by atoms with van der Waals surface area (Å²) in [7, 11) is 1.97. The molecule has 1 aliphatic heterocycles. The molecule has 15 heavy (non-hydrogen) atoms. The number of rotatable bonds is 3. The van der Waals surface area contributed by atoms with Gasteiger partial charge in [0.2, 0.25) is 6.79 Å². The molecule has 0 saturated heterocycles. The van der Waals surface area contributed by atoms with Crippen LogP contribution in [-0.4, -0.2) is 20.4 Å². The number of ether oxygens (including phenoxy) is 2. The summed E-state index contributed by atoms with van der Waals surface area (Å²) >= 11 is 0. The molecule has 0 spiro atoms. The Morgan fingerprint density at radius 1 is 1.27 bits per heavy atom. The van der Waals surface area contributed by atoms with Gasteiger partial charge in [0, 0.05) is 12.0 Å². The quantitative estimate of drug-likeness (QED) is 0.821. The van der Waals surface area contributed by atoms with Crippen LogP contribution in [0.4, 0.5) is 0 Å². The standard InChI is InChI=1S/C12H17NO2/c1-12(2,7-13-3)9-4-5-10-11(6-9)15-8-14-10/h4-6,13H,7-8H2,1-3H3. The monoisotopic (exact) mass is 207 g/mol. The summed E-state index contributed by atoms with van der Waals surface area (Å²) in [6, 6.07) is 6.15. The van der Waals surface area contributed by atoms with Gasteiger partial charge >= 0.3 is 0 Å². The molecule has 2 rings (SSSR count). The summed E-state index contributed by atoms with van der Waals surface area (Å²) < 4.78 is 10.7. The van der Waals surface area contributed by atoms with Crippen LogP contribution in [0.15, 0.2) is 18.2 Å². The van der Waals surface area contributed by atoms with Crippen LogP contribution in [0.25, 0.3) is 0 Å². The molecular formula is C12H17NO2. The van der Waals surface area contributed by atoms with Gasteiger partial charge in [-0.2, -0.15) is 0 Å². The van der Waals surface area contributed by atoms with Gasteiger partial charge in [-0.3, -0.25) is 0 Å². The molecule has 1 aliphatic rings. The van der Waals surface area contributed by atoms with Crippen LogP contribution in [0.3, 0.4) is 0 Å². The molecule has 1 N–H and O–H groups in total. The van der Waals surface area contributed by atoms with E-state index >= 15 is 0 Å². The highest BCUT2D eigenvalue weighted by atomic mass is 16.7. The van der Waals surface area contributed by atoms with Crippen LogP contribution >= 0.6 is 0 Å². The Labute approximate surface area is 90.4 Å². The Kier molecular flexibility index (Phi) is 2.57. The first-order valence-electron chi connectivity index (χ1n) is 5.18. The van der Waals surface area contributed by atoms with Gasteiger partial charge in [-0.15, -0.1) is 0 Å². The summed E-state index contributed by atoms with van der Waals surface area (Å²) in [4.78, 5) is 0. The van der Waals surface area contributed by atoms with Gasteiger partial charge in [0.1, 0.15) is 0 Å². The fourth-order valence-electron chi connectivity index (χ4n) is 1.86. The molecule has 0 radical (unpaired) electrons. The Balaban J connectivity index is 2.29. The first-order valence-corrected chi connectivity index (χ1v) is 5.18. The molecule has 0 aliphatic carbocycles. The second-order valence-corrected chi connectivity index (χ2v) is 4.48. The fourth-order valence-corrected chi connectivity index (χ4v) is 1.86. The summed E-state index contributed by atoms with van der Waals surface area (Å²) in [5, 5.41) is 3.20. The number of hydrogen-bond donors (Lipinski definition) is 1. The first-order chi connectivity index (χ1) is 7.13. The van der Waals surface area contributed by atoms with E-state index in [0.717, 1.165) is 18.0 Å². The highest BCUT2D eigenvalue weighted by molar-refractivity contribution is 5.46. The third-order valence-corrected chi connectivity index (χ3v) is 2.77. The van der Waals surface area contributed by atoms with Crippen molar-refractivity contribution in [1.82, 2.24) is 5.32 Å². The topological polar surface area (TPSA) is 30.5 Å². The molecule has 0 fully saturated rings. The van der Waals surface area contributed by atoms with E-state index in [1.165, 1.54) is 5.56 Å². The number of likely N-dealkylation sites (N-methyl/N-ethyl adjacent to an activating group) is 1. The zero-order valence-electron chi connectivity index (χ0n) is 9.46. The Morgan fingerprint density at radius 3 is 2.73 bits per heavy atom. The maximum Gasteiger partial charge on any atom is 0.231 e. The molecule has 82 valence electrons. The van der Waals surface area contributed by atoms with Crippen molar-refractivity contribution in [2.24, 2.45) is 0 Å². The van der Waals surface area contributed by atoms with Crippen molar-refractivity contribution >= 4 is 0 Å². The van der Waals surface area contributed by atoms with Crippen molar-refractivity contribution in [2.45, 2.75) is 19.3 Å². The van der Waals surface area contributed by atoms with Crippen LogP contribution in [0.1, 0.15) is 19.4 Å². The lowest BCUT2D eigenvalue weighted by atomic mass is 9.84. The van der Waals surface area contributed by atoms with Crippen LogP contribution in [0, 0.1) is 0 Å². The summed E-state index contributed by atoms with van der Waals surface area (Å²) in [5.74, 6) is 1.70. The van der Waals surface area contributed by atoms with Crippen molar-refractivity contribution < 1.29 is 9.47 Å². The van der Waals surface area contributed by atoms with Crippen molar-refractivity contribution in [3.8, 4) is 11.5 Å². The highest BCUT2D eigenvalue weighted by Gasteiger charge is 2.23. The maximum atomic E-state index is 5.37. The summed E-state index contributed by atoms with van der Waals surface area (Å²) in [5.41, 5.74) is 1.37. The average Bonchev–Trinajstić information content (AvgIpc) is 2.63. The molecule has 0 unspecified atom stereocenters. The van der Waals surface area contributed by atoms with Gasteiger partial charge in [-0.05, 0) is 24.7 Å². The molecule has 1 heterocycles. The van der Waals surface area contributed by atoms with Gasteiger partial charge in [0.05, 0.1) is 0 Å². The second-order valence-electron chi connectivity index (χ2n) is 4.48. The molecule has 3 heteroatoms. The first kappa shape index (κ1) is 10.3. The van der Waals surface area contributed by atoms with Crippen molar-refractivity contribution in [3.05, 3.63) is 23.8 Å². The Hall–Kier alpha value is -1.22. The largest absolute Gasteiger partial charge is 0.454 e. The van der Waals surface area contributed by atoms with E-state index in [4.69, 9.17) is 9.47 Å². The van der Waals surface area contributed by atoms with Gasteiger partial charge in [0.25, 0.3) is 0 Å². The lowest BCUT2D eigenvalue weighted by molar-refractivity contribution is 0.174. The van der Waals surface area contributed by atoms with Gasteiger partial charge < -0.3 is 14.8 Å². The Bertz CT molecular complexity index is 361. The predicted molar refractivity (Wildman–Crippen MR) is 59.5 cm³/mol. The number of hydrogen-bond acceptors (Lipinski definition) is 3. The molecule has 1 aromatic rings. The van der Waals surface area contributed by atoms with E-state index in [-0.39, 0.29) is 5.41 Å². The zero-order chi connectivity index (χ0) is 10.9. The van der Waals surface area contributed by atoms with E-state index in [9.17, 15) is 0 Å². The van der Waals surface area contributed by atoms with Crippen LogP contribution in [0.2, 0.25) is 0 Å². The Morgan fingerprint density at radius 2 is 2.00 bits per heavy atom. The SMILES string of the molecule is CNCC(C)(C)c1ccc2c(c1)OCO2. The predicted octanol–water partition coefficient (Wildman–Crippen LogP) is 1.91. The third kappa shape index (κ3) is 1.92. The third-order valence-electron chi connectivity index (χ3n) is 2.77. The van der Waals surface area contributed by atoms with Crippen molar-refractivity contribution in [1.29, 1.82) is 0 Å². The fraction of sp³-hybridized carbons (Fsp3) is 0.500. The maximum absolute atomic E-state index is 5.37. The van der Waals surface area contributed by atoms with Gasteiger partial charge in [-0.1, -0.05) is 19.9 Å². The van der Waals surface area contributed by atoms with E-state index in [0.29, 0.717) is 6.79 Å². The minimum absolute atomic E-state index is 0.107. The lowest BCUT2D eigenvalue weighted by Crippen LogP contribution is -2.30. The molecule has 3 nitrogen and oxygen atoms in total. The second kappa shape index (κ2) is 3.74. The molecule has 0 aromatic heterocycles. The number of fused-ring (bicyclic) bond motifs is 1. The molecular weight excluding hydrogens is 190 g/mol. The van der Waals surface area contributed by atoms with Crippen molar-refractivity contribution in [3.63, 3.8) is 0 Å². The minimum Gasteiger partial charge on any atom is -0.454 e. The smallest absolute Gasteiger partial charge is 0.231 e. The van der Waals surface area contributed by atoms with Crippen molar-refractivity contribution in [2.75, 3.05) is 20.4 Å². The summed E-state index contributed by atoms with van der Waals surface area (Å²) in [6.07, 6.45) is 0. The van der Waals surface area contributed by atoms with Gasteiger partial charge in [-0.25, -0.2) is 0 Å². The molecule has 0 bridgehead atoms. The van der Waals surface area contributed by atoms with Crippen LogP contribution < -0.4 is 14.8 Å². The number of nitrogens with one attached hydrogen (secondary N) is 1. The molecule has 1 aromatic carbocycles. The highest BCUT2D eigenvalue weighted by Crippen LogP contribution is 2.36. The van der Waals surface area contributed by atoms with Crippen LogP contribution in [-0.2, 0) is 5.41 Å². The van der Waals surface area contributed by atoms with Crippen LogP contribution in [0.5, 0.6) is 11.5 Å². The zero-order valence-corrected chi connectivity index (χ0v) is 9.46. The van der Waals surface area contributed by atoms with E-state index < -0.39 is 0 Å². The number of benzene rings is 1.